The van der Waals surface area contributed by atoms with Crippen LogP contribution in [0.1, 0.15) is 19.5 Å². The molecule has 118 valence electrons. The minimum Gasteiger partial charge on any atom is -0.436 e. The number of ether oxygens (including phenoxy) is 2. The molecule has 0 saturated heterocycles. The number of benzene rings is 1. The Labute approximate surface area is 136 Å². The summed E-state index contributed by atoms with van der Waals surface area (Å²) < 4.78 is 37.2. The van der Waals surface area contributed by atoms with E-state index in [-0.39, 0.29) is 16.0 Å². The first kappa shape index (κ1) is 16.8. The van der Waals surface area contributed by atoms with E-state index in [0.717, 1.165) is 12.1 Å². The molecule has 0 saturated carbocycles. The fraction of sp³-hybridized carbons (Fsp3) is 0.312. The maximum Gasteiger partial charge on any atom is 0.219 e. The molecule has 0 amide bonds. The van der Waals surface area contributed by atoms with Crippen LogP contribution in [-0.2, 0) is 11.3 Å². The Morgan fingerprint density at radius 3 is 2.64 bits per heavy atom. The highest BCUT2D eigenvalue weighted by Gasteiger charge is 2.13. The van der Waals surface area contributed by atoms with Crippen LogP contribution < -0.4 is 4.74 Å². The van der Waals surface area contributed by atoms with Gasteiger partial charge in [0.05, 0.1) is 18.9 Å². The highest BCUT2D eigenvalue weighted by Crippen LogP contribution is 2.24. The Kier molecular flexibility index (Phi) is 5.47. The zero-order valence-corrected chi connectivity index (χ0v) is 13.9. The number of pyridine rings is 1. The van der Waals surface area contributed by atoms with E-state index >= 15 is 0 Å². The Hall–Kier alpha value is -1.53. The van der Waals surface area contributed by atoms with Gasteiger partial charge in [-0.05, 0) is 32.0 Å². The second-order valence-corrected chi connectivity index (χ2v) is 7.50. The lowest BCUT2D eigenvalue weighted by molar-refractivity contribution is 0.105. The zero-order valence-electron chi connectivity index (χ0n) is 12.3. The molecule has 2 aromatic rings. The van der Waals surface area contributed by atoms with Gasteiger partial charge in [-0.2, -0.15) is 0 Å². The quantitative estimate of drug-likeness (QED) is 0.680. The summed E-state index contributed by atoms with van der Waals surface area (Å²) >= 11 is 3.48. The molecule has 22 heavy (non-hydrogen) atoms. The van der Waals surface area contributed by atoms with E-state index in [0.29, 0.717) is 18.9 Å². The molecule has 1 heterocycles. The number of hydrogen-bond acceptors (Lipinski definition) is 3. The van der Waals surface area contributed by atoms with Gasteiger partial charge in [-0.25, -0.2) is 13.8 Å². The fourth-order valence-corrected chi connectivity index (χ4v) is 1.83. The first-order valence-corrected chi connectivity index (χ1v) is 7.48. The molecule has 0 fully saturated rings. The van der Waals surface area contributed by atoms with Crippen LogP contribution in [0.5, 0.6) is 11.6 Å². The molecule has 3 nitrogen and oxygen atoms in total. The zero-order chi connectivity index (χ0) is 16.2. The van der Waals surface area contributed by atoms with Crippen LogP contribution in [0.4, 0.5) is 8.78 Å². The van der Waals surface area contributed by atoms with Crippen LogP contribution in [0, 0.1) is 11.6 Å². The van der Waals surface area contributed by atoms with E-state index in [9.17, 15) is 8.78 Å². The number of alkyl halides is 1. The van der Waals surface area contributed by atoms with Crippen molar-refractivity contribution in [1.29, 1.82) is 0 Å². The van der Waals surface area contributed by atoms with E-state index in [1.807, 2.05) is 13.8 Å². The molecule has 0 atom stereocenters. The summed E-state index contributed by atoms with van der Waals surface area (Å²) in [5, 5.41) is 0. The Balaban J connectivity index is 2.02. The van der Waals surface area contributed by atoms with Gasteiger partial charge >= 0.3 is 0 Å². The highest BCUT2D eigenvalue weighted by molar-refractivity contribution is 9.10. The molecule has 0 aliphatic carbocycles. The number of halogens is 3. The summed E-state index contributed by atoms with van der Waals surface area (Å²) in [7, 11) is 0. The van der Waals surface area contributed by atoms with Crippen molar-refractivity contribution in [2.24, 2.45) is 0 Å². The van der Waals surface area contributed by atoms with Crippen molar-refractivity contribution >= 4 is 15.9 Å². The molecule has 6 heteroatoms. The van der Waals surface area contributed by atoms with E-state index in [1.54, 1.807) is 18.2 Å². The van der Waals surface area contributed by atoms with Gasteiger partial charge in [0.2, 0.25) is 5.88 Å². The van der Waals surface area contributed by atoms with Crippen molar-refractivity contribution in [2.45, 2.75) is 24.8 Å². The molecule has 0 spiro atoms. The smallest absolute Gasteiger partial charge is 0.219 e. The SMILES string of the molecule is CC(C)(Br)COCc1cccc(Oc2ccc(F)cc2F)n1. The first-order chi connectivity index (χ1) is 10.3. The van der Waals surface area contributed by atoms with Gasteiger partial charge in [0, 0.05) is 16.5 Å². The van der Waals surface area contributed by atoms with Crippen molar-refractivity contribution in [2.75, 3.05) is 6.61 Å². The predicted octanol–water partition coefficient (Wildman–Crippen LogP) is 4.84. The van der Waals surface area contributed by atoms with Gasteiger partial charge in [-0.15, -0.1) is 0 Å². The molecular weight excluding hydrogens is 356 g/mol. The fourth-order valence-electron chi connectivity index (χ4n) is 1.66. The summed E-state index contributed by atoms with van der Waals surface area (Å²) in [6, 6.07) is 8.24. The molecule has 0 N–H and O–H groups in total. The second kappa shape index (κ2) is 7.15. The molecule has 0 aliphatic heterocycles. The van der Waals surface area contributed by atoms with E-state index in [4.69, 9.17) is 9.47 Å². The van der Waals surface area contributed by atoms with Crippen molar-refractivity contribution < 1.29 is 18.3 Å². The van der Waals surface area contributed by atoms with Gasteiger partial charge in [0.25, 0.3) is 0 Å². The molecule has 1 aromatic heterocycles. The summed E-state index contributed by atoms with van der Waals surface area (Å²) in [6.45, 7) is 4.83. The molecule has 2 rings (SSSR count). The molecular formula is C16H16BrF2NO2. The Morgan fingerprint density at radius 2 is 1.95 bits per heavy atom. The van der Waals surface area contributed by atoms with Crippen molar-refractivity contribution in [3.63, 3.8) is 0 Å². The normalized spacial score (nSPS) is 11.5. The maximum absolute atomic E-state index is 13.5. The monoisotopic (exact) mass is 371 g/mol. The molecule has 0 bridgehead atoms. The van der Waals surface area contributed by atoms with Gasteiger partial charge in [0.1, 0.15) is 5.82 Å². The minimum atomic E-state index is -0.774. The lowest BCUT2D eigenvalue weighted by atomic mass is 10.2. The predicted molar refractivity (Wildman–Crippen MR) is 83.3 cm³/mol. The van der Waals surface area contributed by atoms with E-state index in [1.165, 1.54) is 6.07 Å². The first-order valence-electron chi connectivity index (χ1n) is 6.69. The second-order valence-electron chi connectivity index (χ2n) is 5.36. The Morgan fingerprint density at radius 1 is 1.18 bits per heavy atom. The van der Waals surface area contributed by atoms with Crippen LogP contribution in [-0.4, -0.2) is 15.9 Å². The Bertz CT molecular complexity index is 644. The largest absolute Gasteiger partial charge is 0.436 e. The third kappa shape index (κ3) is 5.35. The third-order valence-electron chi connectivity index (χ3n) is 2.58. The van der Waals surface area contributed by atoms with Gasteiger partial charge < -0.3 is 9.47 Å². The van der Waals surface area contributed by atoms with Crippen LogP contribution in [0.15, 0.2) is 36.4 Å². The highest BCUT2D eigenvalue weighted by atomic mass is 79.9. The average Bonchev–Trinajstić information content (AvgIpc) is 2.41. The minimum absolute atomic E-state index is 0.0754. The number of rotatable bonds is 6. The third-order valence-corrected chi connectivity index (χ3v) is 2.81. The summed E-state index contributed by atoms with van der Waals surface area (Å²) in [4.78, 5) is 4.23. The maximum atomic E-state index is 13.5. The van der Waals surface area contributed by atoms with Gasteiger partial charge in [-0.1, -0.05) is 22.0 Å². The van der Waals surface area contributed by atoms with E-state index < -0.39 is 11.6 Å². The van der Waals surface area contributed by atoms with E-state index in [2.05, 4.69) is 20.9 Å². The summed E-state index contributed by atoms with van der Waals surface area (Å²) in [5.41, 5.74) is 0.664. The van der Waals surface area contributed by atoms with Crippen molar-refractivity contribution in [3.8, 4) is 11.6 Å². The number of aromatic nitrogens is 1. The van der Waals surface area contributed by atoms with Crippen LogP contribution in [0.25, 0.3) is 0 Å². The summed E-state index contributed by atoms with van der Waals surface area (Å²) in [5.74, 6) is -1.28. The lowest BCUT2D eigenvalue weighted by Gasteiger charge is -2.15. The van der Waals surface area contributed by atoms with Crippen LogP contribution in [0.2, 0.25) is 0 Å². The molecule has 1 aromatic carbocycles. The van der Waals surface area contributed by atoms with Gasteiger partial charge in [-0.3, -0.25) is 0 Å². The van der Waals surface area contributed by atoms with Crippen LogP contribution >= 0.6 is 15.9 Å². The topological polar surface area (TPSA) is 31.4 Å². The molecule has 0 aliphatic rings. The molecule has 0 unspecified atom stereocenters. The standard InChI is InChI=1S/C16H16BrF2NO2/c1-16(2,17)10-21-9-12-4-3-5-15(20-12)22-14-7-6-11(18)8-13(14)19/h3-8H,9-10H2,1-2H3. The summed E-state index contributed by atoms with van der Waals surface area (Å²) in [6.07, 6.45) is 0. The van der Waals surface area contributed by atoms with Crippen LogP contribution in [0.3, 0.4) is 0 Å². The number of hydrogen-bond donors (Lipinski definition) is 0. The molecule has 0 radical (unpaired) electrons. The lowest BCUT2D eigenvalue weighted by Crippen LogP contribution is -2.18. The average molecular weight is 372 g/mol. The number of nitrogens with zero attached hydrogens (tertiary/aromatic N) is 1. The van der Waals surface area contributed by atoms with Crippen molar-refractivity contribution in [3.05, 3.63) is 53.7 Å². The van der Waals surface area contributed by atoms with Gasteiger partial charge in [0.15, 0.2) is 11.6 Å². The van der Waals surface area contributed by atoms with Crippen molar-refractivity contribution in [1.82, 2.24) is 4.98 Å².